The van der Waals surface area contributed by atoms with Crippen LogP contribution in [0.25, 0.3) is 22.8 Å². The van der Waals surface area contributed by atoms with Crippen molar-refractivity contribution in [2.75, 3.05) is 57.3 Å². The Labute approximate surface area is 214 Å². The van der Waals surface area contributed by atoms with E-state index in [1.807, 2.05) is 21.4 Å². The smallest absolute Gasteiger partial charge is 0.259 e. The van der Waals surface area contributed by atoms with Crippen LogP contribution in [0.2, 0.25) is 0 Å². The SMILES string of the molecule is CC(=O)N1CCN(c2ccc3c(=O)c(C(=O)NCCN4CCCC4)c4[nH]c5c(n4c3n2)CCC=C5)CC1. The van der Waals surface area contributed by atoms with Gasteiger partial charge in [-0.05, 0) is 57.0 Å². The molecule has 0 aromatic carbocycles. The first-order chi connectivity index (χ1) is 18.0. The minimum absolute atomic E-state index is 0.0811. The Hall–Kier alpha value is -3.66. The molecule has 2 fully saturated rings. The number of H-pyrrole nitrogens is 1. The number of aromatic nitrogens is 3. The highest BCUT2D eigenvalue weighted by atomic mass is 16.2. The van der Waals surface area contributed by atoms with E-state index in [2.05, 4.69) is 26.2 Å². The zero-order valence-electron chi connectivity index (χ0n) is 21.3. The lowest BCUT2D eigenvalue weighted by Gasteiger charge is -2.35. The standard InChI is InChI=1S/C27H33N7O3/c1-18(35)32-14-16-33(17-15-32)22-9-8-19-24(36)23(27(37)28-10-13-31-11-4-5-12-31)26-29-20-6-2-3-7-21(20)34(26)25(19)30-22/h2,6,8-9,29H,3-5,7,10-17H2,1H3,(H,28,37). The molecule has 3 aromatic rings. The molecule has 10 nitrogen and oxygen atoms in total. The van der Waals surface area contributed by atoms with Gasteiger partial charge < -0.3 is 25.0 Å². The van der Waals surface area contributed by atoms with Gasteiger partial charge in [0.05, 0.1) is 11.1 Å². The van der Waals surface area contributed by atoms with Crippen molar-refractivity contribution in [1.29, 1.82) is 0 Å². The summed E-state index contributed by atoms with van der Waals surface area (Å²) in [5.41, 5.74) is 2.83. The number of fused-ring (bicyclic) bond motifs is 5. The molecule has 5 heterocycles. The molecule has 0 radical (unpaired) electrons. The van der Waals surface area contributed by atoms with Crippen LogP contribution in [0.15, 0.2) is 23.0 Å². The molecule has 194 valence electrons. The molecule has 6 rings (SSSR count). The Morgan fingerprint density at radius 3 is 2.62 bits per heavy atom. The number of amides is 2. The van der Waals surface area contributed by atoms with Gasteiger partial charge in [0, 0.05) is 51.9 Å². The maximum absolute atomic E-state index is 13.7. The topological polar surface area (TPSA) is 106 Å². The summed E-state index contributed by atoms with van der Waals surface area (Å²) in [5, 5.41) is 3.42. The highest BCUT2D eigenvalue weighted by Gasteiger charge is 2.26. The lowest BCUT2D eigenvalue weighted by atomic mass is 10.1. The predicted molar refractivity (Wildman–Crippen MR) is 143 cm³/mol. The molecular formula is C27H33N7O3. The van der Waals surface area contributed by atoms with E-state index in [4.69, 9.17) is 4.98 Å². The molecule has 0 spiro atoms. The number of pyridine rings is 2. The number of carbonyl (C=O) groups excluding carboxylic acids is 2. The normalized spacial score (nSPS) is 18.1. The number of nitrogens with zero attached hydrogens (tertiary/aromatic N) is 5. The molecule has 2 amide bonds. The van der Waals surface area contributed by atoms with Crippen LogP contribution in [0.3, 0.4) is 0 Å². The molecule has 3 aromatic heterocycles. The van der Waals surface area contributed by atoms with Crippen LogP contribution in [-0.4, -0.2) is 88.3 Å². The zero-order chi connectivity index (χ0) is 25.5. The van der Waals surface area contributed by atoms with Crippen molar-refractivity contribution >= 4 is 40.4 Å². The number of piperazine rings is 1. The summed E-state index contributed by atoms with van der Waals surface area (Å²) in [6.45, 7) is 7.66. The van der Waals surface area contributed by atoms with Gasteiger partial charge in [-0.15, -0.1) is 0 Å². The summed E-state index contributed by atoms with van der Waals surface area (Å²) in [7, 11) is 0. The number of aromatic amines is 1. The van der Waals surface area contributed by atoms with Gasteiger partial charge in [-0.3, -0.25) is 18.8 Å². The van der Waals surface area contributed by atoms with Gasteiger partial charge in [0.25, 0.3) is 5.91 Å². The van der Waals surface area contributed by atoms with E-state index in [1.54, 1.807) is 13.0 Å². The second-order valence-corrected chi connectivity index (χ2v) is 10.2. The van der Waals surface area contributed by atoms with Gasteiger partial charge in [0.15, 0.2) is 5.65 Å². The molecule has 0 unspecified atom stereocenters. The predicted octanol–water partition coefficient (Wildman–Crippen LogP) is 1.63. The summed E-state index contributed by atoms with van der Waals surface area (Å²) >= 11 is 0. The number of aryl methyl sites for hydroxylation is 1. The molecule has 2 N–H and O–H groups in total. The maximum atomic E-state index is 13.7. The zero-order valence-corrected chi connectivity index (χ0v) is 21.3. The number of anilines is 1. The van der Waals surface area contributed by atoms with Gasteiger partial charge in [-0.2, -0.15) is 0 Å². The third-order valence-electron chi connectivity index (χ3n) is 7.86. The lowest BCUT2D eigenvalue weighted by Crippen LogP contribution is -2.48. The van der Waals surface area contributed by atoms with Crippen molar-refractivity contribution < 1.29 is 9.59 Å². The fourth-order valence-corrected chi connectivity index (χ4v) is 5.81. The van der Waals surface area contributed by atoms with Gasteiger partial charge in [0.1, 0.15) is 17.0 Å². The summed E-state index contributed by atoms with van der Waals surface area (Å²) in [5.74, 6) is 0.501. The second-order valence-electron chi connectivity index (χ2n) is 10.2. The van der Waals surface area contributed by atoms with Crippen LogP contribution < -0.4 is 15.6 Å². The number of likely N-dealkylation sites (tertiary alicyclic amines) is 1. The number of carbonyl (C=O) groups is 2. The Morgan fingerprint density at radius 2 is 1.86 bits per heavy atom. The summed E-state index contributed by atoms with van der Waals surface area (Å²) in [6, 6.07) is 3.65. The first-order valence-corrected chi connectivity index (χ1v) is 13.3. The van der Waals surface area contributed by atoms with Crippen LogP contribution in [0.1, 0.15) is 47.9 Å². The number of allylic oxidation sites excluding steroid dienone is 1. The summed E-state index contributed by atoms with van der Waals surface area (Å²) in [4.78, 5) is 53.4. The van der Waals surface area contributed by atoms with Crippen LogP contribution >= 0.6 is 0 Å². The van der Waals surface area contributed by atoms with E-state index in [-0.39, 0.29) is 22.8 Å². The van der Waals surface area contributed by atoms with Crippen molar-refractivity contribution in [2.24, 2.45) is 0 Å². The first-order valence-electron chi connectivity index (χ1n) is 13.3. The fraction of sp³-hybridized carbons (Fsp3) is 0.481. The molecule has 37 heavy (non-hydrogen) atoms. The second kappa shape index (κ2) is 9.66. The number of rotatable bonds is 5. The Bertz CT molecular complexity index is 1460. The van der Waals surface area contributed by atoms with Crippen molar-refractivity contribution in [3.63, 3.8) is 0 Å². The van der Waals surface area contributed by atoms with Crippen LogP contribution in [-0.2, 0) is 11.2 Å². The van der Waals surface area contributed by atoms with Gasteiger partial charge in [-0.1, -0.05) is 6.08 Å². The fourth-order valence-electron chi connectivity index (χ4n) is 5.81. The number of imidazole rings is 1. The van der Waals surface area contributed by atoms with Crippen LogP contribution in [0, 0.1) is 0 Å². The van der Waals surface area contributed by atoms with Crippen molar-refractivity contribution in [2.45, 2.75) is 32.6 Å². The third kappa shape index (κ3) is 4.29. The molecule has 3 aliphatic rings. The molecular weight excluding hydrogens is 470 g/mol. The number of nitrogens with one attached hydrogen (secondary N) is 2. The average Bonchev–Trinajstić information content (AvgIpc) is 3.56. The Balaban J connectivity index is 1.39. The van der Waals surface area contributed by atoms with Crippen LogP contribution in [0.4, 0.5) is 5.82 Å². The maximum Gasteiger partial charge on any atom is 0.259 e. The van der Waals surface area contributed by atoms with Gasteiger partial charge >= 0.3 is 0 Å². The molecule has 1 aliphatic carbocycles. The van der Waals surface area contributed by atoms with E-state index in [9.17, 15) is 14.4 Å². The minimum atomic E-state index is -0.351. The molecule has 2 aliphatic heterocycles. The summed E-state index contributed by atoms with van der Waals surface area (Å²) < 4.78 is 1.97. The van der Waals surface area contributed by atoms with E-state index in [0.717, 1.165) is 49.7 Å². The third-order valence-corrected chi connectivity index (χ3v) is 7.86. The molecule has 10 heteroatoms. The van der Waals surface area contributed by atoms with E-state index >= 15 is 0 Å². The largest absolute Gasteiger partial charge is 0.353 e. The quantitative estimate of drug-likeness (QED) is 0.548. The monoisotopic (exact) mass is 503 g/mol. The Morgan fingerprint density at radius 1 is 1.08 bits per heavy atom. The Kier molecular flexibility index (Phi) is 6.19. The van der Waals surface area contributed by atoms with Gasteiger partial charge in [0.2, 0.25) is 11.3 Å². The minimum Gasteiger partial charge on any atom is -0.353 e. The highest BCUT2D eigenvalue weighted by Crippen LogP contribution is 2.27. The number of hydrogen-bond acceptors (Lipinski definition) is 6. The molecule has 0 bridgehead atoms. The van der Waals surface area contributed by atoms with Gasteiger partial charge in [-0.25, -0.2) is 4.98 Å². The van der Waals surface area contributed by atoms with Crippen molar-refractivity contribution in [3.05, 3.63) is 45.4 Å². The van der Waals surface area contributed by atoms with E-state index in [0.29, 0.717) is 49.4 Å². The van der Waals surface area contributed by atoms with Crippen molar-refractivity contribution in [1.82, 2.24) is 29.5 Å². The number of hydrogen-bond donors (Lipinski definition) is 2. The molecule has 2 saturated heterocycles. The van der Waals surface area contributed by atoms with E-state index in [1.165, 1.54) is 12.8 Å². The van der Waals surface area contributed by atoms with Crippen LogP contribution in [0.5, 0.6) is 0 Å². The summed E-state index contributed by atoms with van der Waals surface area (Å²) in [6.07, 6.45) is 8.19. The van der Waals surface area contributed by atoms with Crippen molar-refractivity contribution in [3.8, 4) is 0 Å². The first kappa shape index (κ1) is 23.7. The molecule has 0 atom stereocenters. The molecule has 0 saturated carbocycles. The van der Waals surface area contributed by atoms with E-state index < -0.39 is 0 Å². The highest BCUT2D eigenvalue weighted by molar-refractivity contribution is 6.03. The lowest BCUT2D eigenvalue weighted by molar-refractivity contribution is -0.129. The average molecular weight is 504 g/mol.